The second-order valence-corrected chi connectivity index (χ2v) is 6.50. The van der Waals surface area contributed by atoms with Gasteiger partial charge in [0.05, 0.1) is 0 Å². The highest BCUT2D eigenvalue weighted by Gasteiger charge is 2.74. The summed E-state index contributed by atoms with van der Waals surface area (Å²) in [5.41, 5.74) is 0.493. The third-order valence-corrected chi connectivity index (χ3v) is 4.54. The molecule has 0 bridgehead atoms. The number of hydrogen-bond donors (Lipinski definition) is 0. The lowest BCUT2D eigenvalue weighted by atomic mass is 9.64. The smallest absolute Gasteiger partial charge is 0.308 e. The Morgan fingerprint density at radius 3 is 2.70 bits per heavy atom. The lowest BCUT2D eigenvalue weighted by Gasteiger charge is -2.36. The van der Waals surface area contributed by atoms with Gasteiger partial charge in [-0.1, -0.05) is 38.1 Å². The van der Waals surface area contributed by atoms with Crippen LogP contribution in [-0.4, -0.2) is 11.6 Å². The van der Waals surface area contributed by atoms with Crippen LogP contribution in [0.4, 0.5) is 0 Å². The van der Waals surface area contributed by atoms with Crippen LogP contribution < -0.4 is 4.74 Å². The van der Waals surface area contributed by atoms with Crippen LogP contribution in [0, 0.1) is 5.41 Å². The summed E-state index contributed by atoms with van der Waals surface area (Å²) in [4.78, 5) is 11.1. The Bertz CT molecular complexity index is 602. The van der Waals surface area contributed by atoms with Crippen LogP contribution in [-0.2, 0) is 15.1 Å². The Morgan fingerprint density at radius 2 is 2.05 bits per heavy atom. The van der Waals surface area contributed by atoms with Crippen molar-refractivity contribution in [3.63, 3.8) is 0 Å². The summed E-state index contributed by atoms with van der Waals surface area (Å²) in [5, 5.41) is 0. The number of esters is 1. The third kappa shape index (κ3) is 1.66. The fourth-order valence-electron chi connectivity index (χ4n) is 3.66. The molecule has 0 spiro atoms. The van der Waals surface area contributed by atoms with E-state index in [9.17, 15) is 4.79 Å². The predicted octanol–water partition coefficient (Wildman–Crippen LogP) is 3.58. The zero-order valence-electron chi connectivity index (χ0n) is 12.4. The molecule has 2 atom stereocenters. The number of fused-ring (bicyclic) bond motifs is 1. The highest BCUT2D eigenvalue weighted by molar-refractivity contribution is 5.69. The van der Waals surface area contributed by atoms with Gasteiger partial charge in [0.2, 0.25) is 0 Å². The lowest BCUT2D eigenvalue weighted by Crippen LogP contribution is -2.38. The maximum atomic E-state index is 11.1. The summed E-state index contributed by atoms with van der Waals surface area (Å²) in [5.74, 6) is 0.273. The van der Waals surface area contributed by atoms with Gasteiger partial charge in [-0.15, -0.1) is 0 Å². The van der Waals surface area contributed by atoms with Gasteiger partial charge in [-0.2, -0.15) is 0 Å². The fraction of sp³-hybridized carbons (Fsp3) is 0.471. The molecule has 1 aromatic rings. The quantitative estimate of drug-likeness (QED) is 0.357. The molecule has 20 heavy (non-hydrogen) atoms. The van der Waals surface area contributed by atoms with Gasteiger partial charge in [0.15, 0.2) is 0 Å². The maximum absolute atomic E-state index is 11.1. The highest BCUT2D eigenvalue weighted by atomic mass is 16.6. The molecule has 3 rings (SSSR count). The second kappa shape index (κ2) is 3.95. The van der Waals surface area contributed by atoms with Gasteiger partial charge < -0.3 is 9.47 Å². The van der Waals surface area contributed by atoms with Crippen LogP contribution in [0.15, 0.2) is 36.4 Å². The van der Waals surface area contributed by atoms with Crippen molar-refractivity contribution in [1.82, 2.24) is 0 Å². The van der Waals surface area contributed by atoms with Gasteiger partial charge in [0.25, 0.3) is 0 Å². The summed E-state index contributed by atoms with van der Waals surface area (Å²) >= 11 is 0. The average Bonchev–Trinajstić information content (AvgIpc) is 2.98. The summed E-state index contributed by atoms with van der Waals surface area (Å²) in [7, 11) is 0. The molecule has 1 aromatic carbocycles. The fourth-order valence-corrected chi connectivity index (χ4v) is 3.66. The van der Waals surface area contributed by atoms with Crippen LogP contribution in [0.2, 0.25) is 0 Å². The molecule has 0 saturated carbocycles. The number of epoxide rings is 1. The average molecular weight is 272 g/mol. The van der Waals surface area contributed by atoms with E-state index in [0.29, 0.717) is 5.75 Å². The van der Waals surface area contributed by atoms with E-state index in [2.05, 4.69) is 39.0 Å². The molecule has 1 fully saturated rings. The highest BCUT2D eigenvalue weighted by Crippen LogP contribution is 2.68. The van der Waals surface area contributed by atoms with Gasteiger partial charge in [-0.25, -0.2) is 0 Å². The van der Waals surface area contributed by atoms with Gasteiger partial charge in [0.1, 0.15) is 17.0 Å². The Labute approximate surface area is 119 Å². The predicted molar refractivity (Wildman–Crippen MR) is 76.5 cm³/mol. The van der Waals surface area contributed by atoms with Crippen LogP contribution in [0.5, 0.6) is 5.75 Å². The first-order valence-corrected chi connectivity index (χ1v) is 6.98. The van der Waals surface area contributed by atoms with E-state index in [1.807, 2.05) is 12.1 Å². The number of carbonyl (C=O) groups excluding carboxylic acids is 1. The van der Waals surface area contributed by atoms with Crippen LogP contribution >= 0.6 is 0 Å². The summed E-state index contributed by atoms with van der Waals surface area (Å²) in [6.45, 7) is 7.97. The minimum Gasteiger partial charge on any atom is -0.427 e. The zero-order valence-corrected chi connectivity index (χ0v) is 12.4. The Hall–Kier alpha value is -1.61. The van der Waals surface area contributed by atoms with Crippen molar-refractivity contribution in [2.45, 2.75) is 45.3 Å². The molecule has 1 saturated heterocycles. The van der Waals surface area contributed by atoms with E-state index < -0.39 is 0 Å². The van der Waals surface area contributed by atoms with Gasteiger partial charge in [-0.05, 0) is 31.0 Å². The van der Waals surface area contributed by atoms with Crippen molar-refractivity contribution < 1.29 is 14.3 Å². The van der Waals surface area contributed by atoms with E-state index in [0.717, 1.165) is 12.0 Å². The normalized spacial score (nSPS) is 33.4. The monoisotopic (exact) mass is 272 g/mol. The molecule has 1 heterocycles. The van der Waals surface area contributed by atoms with E-state index >= 15 is 0 Å². The van der Waals surface area contributed by atoms with Gasteiger partial charge in [-0.3, -0.25) is 4.79 Å². The molecule has 2 unspecified atom stereocenters. The number of benzene rings is 1. The first-order chi connectivity index (χ1) is 9.31. The topological polar surface area (TPSA) is 38.8 Å². The van der Waals surface area contributed by atoms with Crippen molar-refractivity contribution in [3.05, 3.63) is 42.0 Å². The maximum Gasteiger partial charge on any atom is 0.308 e. The number of rotatable bonds is 2. The zero-order chi connectivity index (χ0) is 14.6. The Morgan fingerprint density at radius 1 is 1.30 bits per heavy atom. The van der Waals surface area contributed by atoms with Crippen molar-refractivity contribution >= 4 is 5.97 Å². The third-order valence-electron chi connectivity index (χ3n) is 4.54. The summed E-state index contributed by atoms with van der Waals surface area (Å²) < 4.78 is 11.4. The molecular formula is C17H20O3. The number of carbonyl (C=O) groups is 1. The van der Waals surface area contributed by atoms with E-state index in [1.54, 1.807) is 6.07 Å². The molecule has 0 radical (unpaired) electrons. The van der Waals surface area contributed by atoms with Crippen LogP contribution in [0.3, 0.4) is 0 Å². The number of allylic oxidation sites excluding steroid dienone is 1. The summed E-state index contributed by atoms with van der Waals surface area (Å²) in [6.07, 6.45) is 5.32. The largest absolute Gasteiger partial charge is 0.427 e. The molecule has 3 heteroatoms. The van der Waals surface area contributed by atoms with E-state index in [4.69, 9.17) is 9.47 Å². The molecule has 0 aromatic heterocycles. The molecule has 1 aliphatic carbocycles. The first kappa shape index (κ1) is 13.4. The molecule has 0 N–H and O–H groups in total. The minimum atomic E-state index is -0.328. The minimum absolute atomic E-state index is 0.00530. The summed E-state index contributed by atoms with van der Waals surface area (Å²) in [6, 6.07) is 7.69. The first-order valence-electron chi connectivity index (χ1n) is 6.98. The molecular weight excluding hydrogens is 252 g/mol. The van der Waals surface area contributed by atoms with Crippen molar-refractivity contribution in [3.8, 4) is 5.75 Å². The van der Waals surface area contributed by atoms with Crippen LogP contribution in [0.25, 0.3) is 0 Å². The molecule has 1 aliphatic heterocycles. The van der Waals surface area contributed by atoms with E-state index in [-0.39, 0.29) is 22.6 Å². The molecule has 0 amide bonds. The standard InChI is InChI=1S/C17H20O3/c1-12(18)19-14-8-5-7-13(11-14)17-15(2,3)9-6-10-16(17,4)20-17/h5-8,10-11H,9H2,1-4H3. The molecule has 2 aliphatic rings. The second-order valence-electron chi connectivity index (χ2n) is 6.50. The number of ether oxygens (including phenoxy) is 2. The Kier molecular flexibility index (Phi) is 2.64. The van der Waals surface area contributed by atoms with Gasteiger partial charge in [0, 0.05) is 12.3 Å². The number of hydrogen-bond acceptors (Lipinski definition) is 3. The Balaban J connectivity index is 2.05. The van der Waals surface area contributed by atoms with Gasteiger partial charge >= 0.3 is 5.97 Å². The van der Waals surface area contributed by atoms with E-state index in [1.165, 1.54) is 6.92 Å². The molecule has 3 nitrogen and oxygen atoms in total. The molecule has 106 valence electrons. The lowest BCUT2D eigenvalue weighted by molar-refractivity contribution is -0.131. The van der Waals surface area contributed by atoms with Crippen molar-refractivity contribution in [2.24, 2.45) is 5.41 Å². The SMILES string of the molecule is CC(=O)Oc1cccc(C23OC2(C)C=CCC3(C)C)c1. The van der Waals surface area contributed by atoms with Crippen molar-refractivity contribution in [2.75, 3.05) is 0 Å². The van der Waals surface area contributed by atoms with Crippen molar-refractivity contribution in [1.29, 1.82) is 0 Å². The van der Waals surface area contributed by atoms with Crippen LogP contribution in [0.1, 0.15) is 39.7 Å².